The summed E-state index contributed by atoms with van der Waals surface area (Å²) in [6.07, 6.45) is 0. The number of anilines is 1. The second-order valence-electron chi connectivity index (χ2n) is 8.86. The Bertz CT molecular complexity index is 1400. The molecule has 5 rings (SSSR count). The van der Waals surface area contributed by atoms with Gasteiger partial charge in [0.25, 0.3) is 5.56 Å². The van der Waals surface area contributed by atoms with Crippen LogP contribution in [-0.2, 0) is 11.3 Å². The topological polar surface area (TPSA) is 111 Å². The zero-order valence-corrected chi connectivity index (χ0v) is 21.3. The number of tetrazole rings is 1. The van der Waals surface area contributed by atoms with Gasteiger partial charge >= 0.3 is 0 Å². The molecule has 0 unspecified atom stereocenters. The van der Waals surface area contributed by atoms with Gasteiger partial charge in [0.1, 0.15) is 6.04 Å². The van der Waals surface area contributed by atoms with Crippen molar-refractivity contribution in [2.45, 2.75) is 12.6 Å². The smallest absolute Gasteiger partial charge is 0.253 e. The lowest BCUT2D eigenvalue weighted by molar-refractivity contribution is 0.171. The first-order chi connectivity index (χ1) is 18.1. The van der Waals surface area contributed by atoms with Gasteiger partial charge in [0.2, 0.25) is 0 Å². The zero-order valence-electron chi connectivity index (χ0n) is 21.3. The molecule has 0 amide bonds. The first-order valence-electron chi connectivity index (χ1n) is 12.2. The van der Waals surface area contributed by atoms with Gasteiger partial charge in [-0.25, -0.2) is 4.68 Å². The lowest BCUT2D eigenvalue weighted by Crippen LogP contribution is -2.49. The van der Waals surface area contributed by atoms with Crippen molar-refractivity contribution in [1.29, 1.82) is 0 Å². The average molecular weight is 506 g/mol. The summed E-state index contributed by atoms with van der Waals surface area (Å²) in [5.74, 6) is 1.75. The first kappa shape index (κ1) is 24.7. The van der Waals surface area contributed by atoms with Crippen LogP contribution in [0.1, 0.15) is 17.4 Å². The SMILES string of the molecule is COCCn1nnnc1[C@H](c1cc2cc(OC)c(OC)cc2[nH]c1=O)N1CCN(c2ccccc2)CC1. The molecule has 11 nitrogen and oxygen atoms in total. The average Bonchev–Trinajstić information content (AvgIpc) is 3.40. The highest BCUT2D eigenvalue weighted by molar-refractivity contribution is 5.83. The molecular weight excluding hydrogens is 474 g/mol. The van der Waals surface area contributed by atoms with E-state index in [-0.39, 0.29) is 5.56 Å². The molecule has 0 spiro atoms. The number of methoxy groups -OCH3 is 3. The molecule has 1 aliphatic rings. The van der Waals surface area contributed by atoms with E-state index < -0.39 is 6.04 Å². The number of H-pyrrole nitrogens is 1. The molecule has 1 atom stereocenters. The monoisotopic (exact) mass is 505 g/mol. The van der Waals surface area contributed by atoms with E-state index >= 15 is 0 Å². The molecule has 3 heterocycles. The van der Waals surface area contributed by atoms with Gasteiger partial charge in [-0.2, -0.15) is 0 Å². The molecule has 37 heavy (non-hydrogen) atoms. The van der Waals surface area contributed by atoms with E-state index in [1.165, 1.54) is 5.69 Å². The molecule has 0 saturated carbocycles. The fourth-order valence-electron chi connectivity index (χ4n) is 4.87. The number of pyridine rings is 1. The van der Waals surface area contributed by atoms with Crippen LogP contribution in [0.5, 0.6) is 11.5 Å². The van der Waals surface area contributed by atoms with Crippen LogP contribution in [0.15, 0.2) is 53.3 Å². The number of fused-ring (bicyclic) bond motifs is 1. The second-order valence-corrected chi connectivity index (χ2v) is 8.86. The quantitative estimate of drug-likeness (QED) is 0.366. The highest BCUT2D eigenvalue weighted by Gasteiger charge is 2.33. The Labute approximate surface area is 214 Å². The third-order valence-corrected chi connectivity index (χ3v) is 6.78. The lowest BCUT2D eigenvalue weighted by Gasteiger charge is -2.39. The van der Waals surface area contributed by atoms with Crippen LogP contribution < -0.4 is 19.9 Å². The van der Waals surface area contributed by atoms with Gasteiger partial charge in [0.15, 0.2) is 17.3 Å². The Balaban J connectivity index is 1.55. The van der Waals surface area contributed by atoms with Crippen molar-refractivity contribution in [1.82, 2.24) is 30.1 Å². The van der Waals surface area contributed by atoms with Crippen LogP contribution in [-0.4, -0.2) is 84.2 Å². The standard InChI is InChI=1S/C26H31N7O4/c1-35-14-13-33-25(28-29-30-33)24(32-11-9-31(10-12-32)19-7-5-4-6-8-19)20-15-18-16-22(36-2)23(37-3)17-21(18)27-26(20)34/h4-8,15-17,24H,9-14H2,1-3H3,(H,27,34)/t24-/m0/s1. The molecule has 11 heteroatoms. The maximum atomic E-state index is 13.5. The number of hydrogen-bond donors (Lipinski definition) is 1. The fraction of sp³-hybridized carbons (Fsp3) is 0.385. The van der Waals surface area contributed by atoms with Crippen LogP contribution in [0, 0.1) is 0 Å². The number of nitrogens with zero attached hydrogens (tertiary/aromatic N) is 6. The fourth-order valence-corrected chi connectivity index (χ4v) is 4.87. The number of hydrogen-bond acceptors (Lipinski definition) is 9. The van der Waals surface area contributed by atoms with Crippen LogP contribution in [0.2, 0.25) is 0 Å². The van der Waals surface area contributed by atoms with E-state index in [2.05, 4.69) is 42.4 Å². The number of aromatic nitrogens is 5. The van der Waals surface area contributed by atoms with Gasteiger partial charge in [-0.15, -0.1) is 5.10 Å². The van der Waals surface area contributed by atoms with Crippen molar-refractivity contribution in [3.8, 4) is 11.5 Å². The van der Waals surface area contributed by atoms with Gasteiger partial charge in [-0.05, 0) is 34.7 Å². The number of aromatic amines is 1. The Morgan fingerprint density at radius 2 is 1.70 bits per heavy atom. The summed E-state index contributed by atoms with van der Waals surface area (Å²) in [4.78, 5) is 21.2. The van der Waals surface area contributed by atoms with Crippen LogP contribution in [0.25, 0.3) is 10.9 Å². The minimum Gasteiger partial charge on any atom is -0.493 e. The van der Waals surface area contributed by atoms with Crippen molar-refractivity contribution in [3.63, 3.8) is 0 Å². The van der Waals surface area contributed by atoms with E-state index in [4.69, 9.17) is 14.2 Å². The molecular formula is C26H31N7O4. The molecule has 1 aliphatic heterocycles. The summed E-state index contributed by atoms with van der Waals surface area (Å²) in [6, 6.07) is 15.5. The minimum atomic E-state index is -0.439. The third kappa shape index (κ3) is 5.00. The van der Waals surface area contributed by atoms with Crippen molar-refractivity contribution in [2.75, 3.05) is 59.0 Å². The molecule has 194 valence electrons. The molecule has 0 aliphatic carbocycles. The van der Waals surface area contributed by atoms with Crippen molar-refractivity contribution < 1.29 is 14.2 Å². The molecule has 2 aromatic heterocycles. The molecule has 1 fully saturated rings. The maximum Gasteiger partial charge on any atom is 0.253 e. The number of piperazine rings is 1. The van der Waals surface area contributed by atoms with Crippen LogP contribution in [0.3, 0.4) is 0 Å². The van der Waals surface area contributed by atoms with Gasteiger partial charge in [0, 0.05) is 56.0 Å². The Kier molecular flexibility index (Phi) is 7.33. The minimum absolute atomic E-state index is 0.198. The zero-order chi connectivity index (χ0) is 25.8. The van der Waals surface area contributed by atoms with Crippen molar-refractivity contribution in [3.05, 3.63) is 70.3 Å². The van der Waals surface area contributed by atoms with Gasteiger partial charge in [-0.1, -0.05) is 18.2 Å². The Hall–Kier alpha value is -3.96. The highest BCUT2D eigenvalue weighted by atomic mass is 16.5. The summed E-state index contributed by atoms with van der Waals surface area (Å²) < 4.78 is 17.9. The summed E-state index contributed by atoms with van der Waals surface area (Å²) in [6.45, 7) is 4.04. The van der Waals surface area contributed by atoms with Gasteiger partial charge in [-0.3, -0.25) is 9.69 Å². The predicted molar refractivity (Wildman–Crippen MR) is 139 cm³/mol. The summed E-state index contributed by atoms with van der Waals surface area (Å²) in [5, 5.41) is 13.3. The van der Waals surface area contributed by atoms with Gasteiger partial charge in [0.05, 0.1) is 32.9 Å². The Morgan fingerprint density at radius 1 is 0.973 bits per heavy atom. The summed E-state index contributed by atoms with van der Waals surface area (Å²) in [5.41, 5.74) is 2.23. The van der Waals surface area contributed by atoms with Gasteiger partial charge < -0.3 is 24.1 Å². The van der Waals surface area contributed by atoms with E-state index in [0.29, 0.717) is 41.6 Å². The Morgan fingerprint density at radius 3 is 2.41 bits per heavy atom. The van der Waals surface area contributed by atoms with Crippen LogP contribution in [0.4, 0.5) is 5.69 Å². The normalized spacial score (nSPS) is 15.2. The van der Waals surface area contributed by atoms with E-state index in [1.54, 1.807) is 32.1 Å². The van der Waals surface area contributed by atoms with Crippen molar-refractivity contribution >= 4 is 16.6 Å². The molecule has 1 saturated heterocycles. The first-order valence-corrected chi connectivity index (χ1v) is 12.2. The maximum absolute atomic E-state index is 13.5. The number of nitrogens with one attached hydrogen (secondary N) is 1. The number of benzene rings is 2. The predicted octanol–water partition coefficient (Wildman–Crippen LogP) is 2.09. The number of ether oxygens (including phenoxy) is 3. The number of rotatable bonds is 9. The second kappa shape index (κ2) is 11.0. The van der Waals surface area contributed by atoms with Crippen molar-refractivity contribution in [2.24, 2.45) is 0 Å². The van der Waals surface area contributed by atoms with E-state index in [0.717, 1.165) is 31.6 Å². The van der Waals surface area contributed by atoms with Crippen LogP contribution >= 0.6 is 0 Å². The third-order valence-electron chi connectivity index (χ3n) is 6.78. The summed E-state index contributed by atoms with van der Waals surface area (Å²) >= 11 is 0. The number of para-hydroxylation sites is 1. The molecule has 0 radical (unpaired) electrons. The summed E-state index contributed by atoms with van der Waals surface area (Å²) in [7, 11) is 4.80. The highest BCUT2D eigenvalue weighted by Crippen LogP contribution is 2.33. The molecule has 4 aromatic rings. The van der Waals surface area contributed by atoms with E-state index in [1.807, 2.05) is 30.3 Å². The molecule has 1 N–H and O–H groups in total. The largest absolute Gasteiger partial charge is 0.493 e. The molecule has 2 aromatic carbocycles. The van der Waals surface area contributed by atoms with E-state index in [9.17, 15) is 4.79 Å². The lowest BCUT2D eigenvalue weighted by atomic mass is 10.0. The molecule has 0 bridgehead atoms.